The van der Waals surface area contributed by atoms with E-state index in [1.54, 1.807) is 7.11 Å². The minimum atomic E-state index is -0.977. The highest BCUT2D eigenvalue weighted by molar-refractivity contribution is 6.36. The first-order chi connectivity index (χ1) is 13.9. The predicted molar refractivity (Wildman–Crippen MR) is 104 cm³/mol. The van der Waals surface area contributed by atoms with Crippen molar-refractivity contribution in [2.75, 3.05) is 19.0 Å². The molecule has 3 aromatic rings. The second-order valence-electron chi connectivity index (χ2n) is 6.83. The van der Waals surface area contributed by atoms with Crippen LogP contribution in [0.1, 0.15) is 12.8 Å². The van der Waals surface area contributed by atoms with Crippen molar-refractivity contribution in [3.05, 3.63) is 47.2 Å². The lowest BCUT2D eigenvalue weighted by molar-refractivity contribution is 0.159. The van der Waals surface area contributed by atoms with E-state index in [0.717, 1.165) is 25.0 Å². The summed E-state index contributed by atoms with van der Waals surface area (Å²) in [4.78, 5) is 19.0. The highest BCUT2D eigenvalue weighted by Gasteiger charge is 2.44. The zero-order chi connectivity index (χ0) is 20.6. The molecule has 152 valence electrons. The molecule has 0 unspecified atom stereocenters. The third-order valence-corrected chi connectivity index (χ3v) is 4.91. The Bertz CT molecular complexity index is 1060. The van der Waals surface area contributed by atoms with Crippen LogP contribution in [0.2, 0.25) is 5.02 Å². The molecule has 2 aromatic heterocycles. The number of hydrogen-bond donors (Lipinski definition) is 3. The molecule has 1 aliphatic carbocycles. The van der Waals surface area contributed by atoms with Crippen LogP contribution in [-0.4, -0.2) is 35.3 Å². The van der Waals surface area contributed by atoms with Crippen molar-refractivity contribution in [3.8, 4) is 11.5 Å². The van der Waals surface area contributed by atoms with Crippen LogP contribution in [0.5, 0.6) is 11.5 Å². The first kappa shape index (κ1) is 19.4. The summed E-state index contributed by atoms with van der Waals surface area (Å²) in [5.74, 6) is -2.42. The molecule has 0 aliphatic heterocycles. The quantitative estimate of drug-likeness (QED) is 0.542. The first-order valence-corrected chi connectivity index (χ1v) is 9.15. The number of nitrogens with one attached hydrogen (secondary N) is 3. The van der Waals surface area contributed by atoms with E-state index in [-0.39, 0.29) is 11.4 Å². The number of nitrogens with zero attached hydrogens (tertiary/aromatic N) is 1. The van der Waals surface area contributed by atoms with Gasteiger partial charge in [-0.3, -0.25) is 0 Å². The lowest BCUT2D eigenvalue weighted by atomic mass is 10.2. The predicted octanol–water partition coefficient (Wildman–Crippen LogP) is 4.59. The van der Waals surface area contributed by atoms with E-state index in [1.165, 1.54) is 18.5 Å². The Morgan fingerprint density at radius 1 is 1.34 bits per heavy atom. The third-order valence-electron chi connectivity index (χ3n) is 4.61. The number of pyridine rings is 1. The van der Waals surface area contributed by atoms with E-state index in [1.807, 2.05) is 0 Å². The van der Waals surface area contributed by atoms with Crippen molar-refractivity contribution in [2.45, 2.75) is 18.4 Å². The second kappa shape index (κ2) is 7.49. The van der Waals surface area contributed by atoms with Crippen LogP contribution in [0.15, 0.2) is 30.6 Å². The van der Waals surface area contributed by atoms with Gasteiger partial charge in [0, 0.05) is 37.3 Å². The molecule has 0 bridgehead atoms. The standard InChI is InChI=1S/C19H17ClF2N4O3/c1-28-9-19(3-4-19)26-18(27)25-10-6-12(21)16(13(22)7-10)29-14-2-5-23-17-15(14)11(20)8-24-17/h2,5-8H,3-4,9H2,1H3,(H,23,24)(H2,25,26,27). The maximum Gasteiger partial charge on any atom is 0.319 e. The van der Waals surface area contributed by atoms with E-state index >= 15 is 0 Å². The summed E-state index contributed by atoms with van der Waals surface area (Å²) in [6.07, 6.45) is 4.49. The number of aromatic amines is 1. The fourth-order valence-corrected chi connectivity index (χ4v) is 3.29. The lowest BCUT2D eigenvalue weighted by Gasteiger charge is -2.17. The summed E-state index contributed by atoms with van der Waals surface area (Å²) in [5.41, 5.74) is -0.0346. The number of H-pyrrole nitrogens is 1. The Labute approximate surface area is 169 Å². The Morgan fingerprint density at radius 2 is 2.07 bits per heavy atom. The van der Waals surface area contributed by atoms with E-state index in [9.17, 15) is 13.6 Å². The normalized spacial score (nSPS) is 14.6. The Morgan fingerprint density at radius 3 is 2.72 bits per heavy atom. The summed E-state index contributed by atoms with van der Waals surface area (Å²) >= 11 is 6.08. The van der Waals surface area contributed by atoms with Gasteiger partial charge in [0.25, 0.3) is 0 Å². The molecule has 1 aromatic carbocycles. The molecule has 1 saturated carbocycles. The van der Waals surface area contributed by atoms with Crippen molar-refractivity contribution in [2.24, 2.45) is 0 Å². The Kier molecular flexibility index (Phi) is 5.01. The van der Waals surface area contributed by atoms with Crippen LogP contribution in [0.3, 0.4) is 0 Å². The van der Waals surface area contributed by atoms with Crippen molar-refractivity contribution in [1.82, 2.24) is 15.3 Å². The molecule has 1 fully saturated rings. The molecule has 0 spiro atoms. The molecular weight excluding hydrogens is 406 g/mol. The lowest BCUT2D eigenvalue weighted by Crippen LogP contribution is -2.42. The van der Waals surface area contributed by atoms with E-state index in [0.29, 0.717) is 22.7 Å². The van der Waals surface area contributed by atoms with Gasteiger partial charge in [-0.05, 0) is 18.9 Å². The zero-order valence-electron chi connectivity index (χ0n) is 15.3. The number of aromatic nitrogens is 2. The number of hydrogen-bond acceptors (Lipinski definition) is 4. The number of ether oxygens (including phenoxy) is 2. The molecule has 2 heterocycles. The van der Waals surface area contributed by atoms with Crippen molar-refractivity contribution in [1.29, 1.82) is 0 Å². The summed E-state index contributed by atoms with van der Waals surface area (Å²) in [7, 11) is 1.54. The first-order valence-electron chi connectivity index (χ1n) is 8.77. The zero-order valence-corrected chi connectivity index (χ0v) is 16.1. The molecule has 10 heteroatoms. The number of halogens is 3. The maximum atomic E-state index is 14.5. The van der Waals surface area contributed by atoms with Crippen LogP contribution < -0.4 is 15.4 Å². The van der Waals surface area contributed by atoms with E-state index in [2.05, 4.69) is 20.6 Å². The molecule has 0 atom stereocenters. The molecule has 4 rings (SSSR count). The average molecular weight is 423 g/mol. The van der Waals surface area contributed by atoms with Gasteiger partial charge in [0.15, 0.2) is 17.4 Å². The fraction of sp³-hybridized carbons (Fsp3) is 0.263. The van der Waals surface area contributed by atoms with Crippen LogP contribution in [-0.2, 0) is 4.74 Å². The van der Waals surface area contributed by atoms with Crippen molar-refractivity contribution < 1.29 is 23.0 Å². The molecule has 1 aliphatic rings. The van der Waals surface area contributed by atoms with Gasteiger partial charge in [0.05, 0.1) is 22.6 Å². The summed E-state index contributed by atoms with van der Waals surface area (Å²) in [6, 6.07) is 2.84. The average Bonchev–Trinajstić information content (AvgIpc) is 3.30. The second-order valence-corrected chi connectivity index (χ2v) is 7.24. The van der Waals surface area contributed by atoms with Gasteiger partial charge in [0.2, 0.25) is 0 Å². The summed E-state index contributed by atoms with van der Waals surface area (Å²) in [6.45, 7) is 0.373. The molecule has 3 N–H and O–H groups in total. The highest BCUT2D eigenvalue weighted by atomic mass is 35.5. The van der Waals surface area contributed by atoms with Gasteiger partial charge in [-0.15, -0.1) is 0 Å². The van der Waals surface area contributed by atoms with Gasteiger partial charge < -0.3 is 25.1 Å². The molecule has 7 nitrogen and oxygen atoms in total. The Balaban J connectivity index is 1.53. The number of carbonyl (C=O) groups is 1. The van der Waals surface area contributed by atoms with Gasteiger partial charge in [0.1, 0.15) is 11.4 Å². The smallest absolute Gasteiger partial charge is 0.319 e. The SMILES string of the molecule is COCC1(NC(=O)Nc2cc(F)c(Oc3ccnc4[nH]cc(Cl)c34)c(F)c2)CC1. The van der Waals surface area contributed by atoms with Crippen LogP contribution in [0.4, 0.5) is 19.3 Å². The molecule has 0 saturated heterocycles. The number of fused-ring (bicyclic) bond motifs is 1. The van der Waals surface area contributed by atoms with Gasteiger partial charge in [-0.2, -0.15) is 0 Å². The third kappa shape index (κ3) is 3.96. The van der Waals surface area contributed by atoms with Crippen molar-refractivity contribution in [3.63, 3.8) is 0 Å². The minimum absolute atomic E-state index is 0.0439. The number of methoxy groups -OCH3 is 1. The molecule has 0 radical (unpaired) electrons. The number of rotatable bonds is 6. The van der Waals surface area contributed by atoms with Gasteiger partial charge in [-0.1, -0.05) is 11.6 Å². The van der Waals surface area contributed by atoms with Gasteiger partial charge >= 0.3 is 6.03 Å². The summed E-state index contributed by atoms with van der Waals surface area (Å²) in [5, 5.41) is 5.90. The van der Waals surface area contributed by atoms with Crippen molar-refractivity contribution >= 4 is 34.4 Å². The van der Waals surface area contributed by atoms with Crippen LogP contribution in [0, 0.1) is 11.6 Å². The van der Waals surface area contributed by atoms with E-state index < -0.39 is 29.0 Å². The summed E-state index contributed by atoms with van der Waals surface area (Å²) < 4.78 is 39.6. The maximum absolute atomic E-state index is 14.5. The number of carbonyl (C=O) groups excluding carboxylic acids is 1. The monoisotopic (exact) mass is 422 g/mol. The number of urea groups is 1. The van der Waals surface area contributed by atoms with Gasteiger partial charge in [-0.25, -0.2) is 18.6 Å². The fourth-order valence-electron chi connectivity index (χ4n) is 3.05. The topological polar surface area (TPSA) is 88.3 Å². The highest BCUT2D eigenvalue weighted by Crippen LogP contribution is 2.37. The Hall–Kier alpha value is -2.91. The molecule has 29 heavy (non-hydrogen) atoms. The largest absolute Gasteiger partial charge is 0.450 e. The minimum Gasteiger partial charge on any atom is -0.450 e. The number of amides is 2. The molecular formula is C19H17ClF2N4O3. The van der Waals surface area contributed by atoms with Crippen LogP contribution in [0.25, 0.3) is 11.0 Å². The van der Waals surface area contributed by atoms with Crippen LogP contribution >= 0.6 is 11.6 Å². The molecule has 2 amide bonds. The number of anilines is 1. The van der Waals surface area contributed by atoms with E-state index in [4.69, 9.17) is 21.1 Å². The number of benzene rings is 1.